The van der Waals surface area contributed by atoms with Crippen molar-refractivity contribution < 1.29 is 19.2 Å². The Labute approximate surface area is 110 Å². The van der Waals surface area contributed by atoms with Crippen molar-refractivity contribution in [1.29, 1.82) is 0 Å². The van der Waals surface area contributed by atoms with Gasteiger partial charge < -0.3 is 14.5 Å². The van der Waals surface area contributed by atoms with Crippen LogP contribution in [0.4, 0.5) is 4.79 Å². The summed E-state index contributed by atoms with van der Waals surface area (Å²) in [4.78, 5) is 11.4. The van der Waals surface area contributed by atoms with Crippen molar-refractivity contribution in [3.8, 4) is 5.75 Å². The van der Waals surface area contributed by atoms with Crippen molar-refractivity contribution >= 4 is 17.0 Å². The molecule has 19 heavy (non-hydrogen) atoms. The highest BCUT2D eigenvalue weighted by atomic mass is 16.5. The summed E-state index contributed by atoms with van der Waals surface area (Å²) in [6, 6.07) is 6.08. The second-order valence-corrected chi connectivity index (χ2v) is 4.10. The third-order valence-electron chi connectivity index (χ3n) is 2.95. The lowest BCUT2D eigenvalue weighted by molar-refractivity contribution is -0.0786. The Morgan fingerprint density at radius 2 is 2.26 bits per heavy atom. The molecule has 2 aromatic rings. The summed E-state index contributed by atoms with van der Waals surface area (Å²) < 4.78 is 10.9. The topological polar surface area (TPSA) is 74.9 Å². The quantitative estimate of drug-likeness (QED) is 0.660. The standard InChI is InChI=1S/C13H16N2O4/c1-8(15(17)13(16)14-2)11-7-9-5-4-6-10(18-3)12(9)19-11/h4-8,17H,1-3H3,(H,14,16). The monoisotopic (exact) mass is 264 g/mol. The zero-order valence-corrected chi connectivity index (χ0v) is 11.0. The third-order valence-corrected chi connectivity index (χ3v) is 2.95. The van der Waals surface area contributed by atoms with Crippen LogP contribution < -0.4 is 10.1 Å². The molecule has 2 amide bonds. The molecule has 102 valence electrons. The Bertz CT molecular complexity index is 593. The summed E-state index contributed by atoms with van der Waals surface area (Å²) in [6.07, 6.45) is 0. The van der Waals surface area contributed by atoms with Gasteiger partial charge in [-0.3, -0.25) is 5.21 Å². The summed E-state index contributed by atoms with van der Waals surface area (Å²) in [5.74, 6) is 1.09. The number of carbonyl (C=O) groups is 1. The summed E-state index contributed by atoms with van der Waals surface area (Å²) in [6.45, 7) is 1.67. The Hall–Kier alpha value is -2.21. The molecule has 0 saturated carbocycles. The maximum absolute atomic E-state index is 11.4. The van der Waals surface area contributed by atoms with Gasteiger partial charge in [0.15, 0.2) is 11.3 Å². The van der Waals surface area contributed by atoms with Crippen molar-refractivity contribution in [3.63, 3.8) is 0 Å². The highest BCUT2D eigenvalue weighted by Crippen LogP contribution is 2.32. The predicted octanol–water partition coefficient (Wildman–Crippen LogP) is 2.53. The van der Waals surface area contributed by atoms with Gasteiger partial charge in [-0.1, -0.05) is 12.1 Å². The van der Waals surface area contributed by atoms with Crippen molar-refractivity contribution in [2.75, 3.05) is 14.2 Å². The van der Waals surface area contributed by atoms with Crippen LogP contribution in [0.1, 0.15) is 18.7 Å². The van der Waals surface area contributed by atoms with E-state index in [4.69, 9.17) is 9.15 Å². The SMILES string of the molecule is CNC(=O)N(O)C(C)c1cc2cccc(OC)c2o1. The van der Waals surface area contributed by atoms with E-state index in [9.17, 15) is 10.0 Å². The lowest BCUT2D eigenvalue weighted by atomic mass is 10.2. The number of methoxy groups -OCH3 is 1. The van der Waals surface area contributed by atoms with Crippen molar-refractivity contribution in [3.05, 3.63) is 30.0 Å². The van der Waals surface area contributed by atoms with E-state index in [-0.39, 0.29) is 0 Å². The summed E-state index contributed by atoms with van der Waals surface area (Å²) in [5, 5.41) is 13.5. The first-order valence-electron chi connectivity index (χ1n) is 5.84. The number of rotatable bonds is 3. The van der Waals surface area contributed by atoms with Gasteiger partial charge in [-0.15, -0.1) is 0 Å². The molecule has 0 saturated heterocycles. The Morgan fingerprint density at radius 1 is 1.53 bits per heavy atom. The average Bonchev–Trinajstić information content (AvgIpc) is 2.88. The third kappa shape index (κ3) is 2.34. The molecule has 6 heteroatoms. The number of amides is 2. The van der Waals surface area contributed by atoms with Gasteiger partial charge in [-0.2, -0.15) is 5.06 Å². The van der Waals surface area contributed by atoms with E-state index >= 15 is 0 Å². The van der Waals surface area contributed by atoms with Crippen LogP contribution in [0.5, 0.6) is 5.75 Å². The molecule has 6 nitrogen and oxygen atoms in total. The number of nitrogens with zero attached hydrogens (tertiary/aromatic N) is 1. The molecule has 2 rings (SSSR count). The van der Waals surface area contributed by atoms with Crippen LogP contribution in [0, 0.1) is 0 Å². The fourth-order valence-corrected chi connectivity index (χ4v) is 1.83. The van der Waals surface area contributed by atoms with Gasteiger partial charge in [0.05, 0.1) is 7.11 Å². The maximum atomic E-state index is 11.4. The molecular weight excluding hydrogens is 248 g/mol. The van der Waals surface area contributed by atoms with E-state index in [2.05, 4.69) is 5.32 Å². The normalized spacial score (nSPS) is 12.2. The van der Waals surface area contributed by atoms with Gasteiger partial charge in [0.25, 0.3) is 0 Å². The van der Waals surface area contributed by atoms with Crippen molar-refractivity contribution in [1.82, 2.24) is 10.4 Å². The van der Waals surface area contributed by atoms with E-state index in [0.29, 0.717) is 22.2 Å². The molecule has 0 aliphatic heterocycles. The predicted molar refractivity (Wildman–Crippen MR) is 69.3 cm³/mol. The lowest BCUT2D eigenvalue weighted by Crippen LogP contribution is -2.37. The number of nitrogens with one attached hydrogen (secondary N) is 1. The number of furan rings is 1. The zero-order chi connectivity index (χ0) is 14.0. The van der Waals surface area contributed by atoms with E-state index in [1.54, 1.807) is 26.2 Å². The molecular formula is C13H16N2O4. The summed E-state index contributed by atoms with van der Waals surface area (Å²) >= 11 is 0. The van der Waals surface area contributed by atoms with Gasteiger partial charge in [-0.25, -0.2) is 4.79 Å². The van der Waals surface area contributed by atoms with Crippen LogP contribution in [0.3, 0.4) is 0 Å². The minimum Gasteiger partial charge on any atom is -0.493 e. The van der Waals surface area contributed by atoms with E-state index in [1.807, 2.05) is 12.1 Å². The van der Waals surface area contributed by atoms with Crippen molar-refractivity contribution in [2.45, 2.75) is 13.0 Å². The number of hydrogen-bond acceptors (Lipinski definition) is 4. The number of benzene rings is 1. The summed E-state index contributed by atoms with van der Waals surface area (Å²) in [7, 11) is 3.00. The molecule has 1 atom stereocenters. The minimum absolute atomic E-state index is 0.477. The first kappa shape index (κ1) is 13.2. The number of fused-ring (bicyclic) bond motifs is 1. The van der Waals surface area contributed by atoms with Crippen LogP contribution in [-0.2, 0) is 0 Å². The molecule has 1 unspecified atom stereocenters. The van der Waals surface area contributed by atoms with E-state index < -0.39 is 12.1 Å². The first-order chi connectivity index (χ1) is 9.08. The summed E-state index contributed by atoms with van der Waals surface area (Å²) in [5.41, 5.74) is 0.595. The van der Waals surface area contributed by atoms with Crippen LogP contribution in [0.15, 0.2) is 28.7 Å². The number of para-hydroxylation sites is 1. The highest BCUT2D eigenvalue weighted by molar-refractivity contribution is 5.84. The molecule has 1 heterocycles. The van der Waals surface area contributed by atoms with Crippen LogP contribution >= 0.6 is 0 Å². The molecule has 0 aliphatic rings. The van der Waals surface area contributed by atoms with Crippen LogP contribution in [0.2, 0.25) is 0 Å². The second kappa shape index (κ2) is 5.19. The average molecular weight is 264 g/mol. The Morgan fingerprint density at radius 3 is 2.89 bits per heavy atom. The maximum Gasteiger partial charge on any atom is 0.341 e. The van der Waals surface area contributed by atoms with Gasteiger partial charge in [0.2, 0.25) is 0 Å². The van der Waals surface area contributed by atoms with Gasteiger partial charge in [0, 0.05) is 12.4 Å². The van der Waals surface area contributed by atoms with Crippen LogP contribution in [-0.4, -0.2) is 30.5 Å². The largest absolute Gasteiger partial charge is 0.493 e. The molecule has 0 bridgehead atoms. The molecule has 1 aromatic heterocycles. The highest BCUT2D eigenvalue weighted by Gasteiger charge is 2.22. The number of ether oxygens (including phenoxy) is 1. The fourth-order valence-electron chi connectivity index (χ4n) is 1.83. The Balaban J connectivity index is 2.38. The van der Waals surface area contributed by atoms with E-state index in [1.165, 1.54) is 7.05 Å². The second-order valence-electron chi connectivity index (χ2n) is 4.10. The number of urea groups is 1. The van der Waals surface area contributed by atoms with Crippen molar-refractivity contribution in [2.24, 2.45) is 0 Å². The van der Waals surface area contributed by atoms with E-state index in [0.717, 1.165) is 5.39 Å². The molecule has 0 aliphatic carbocycles. The fraction of sp³-hybridized carbons (Fsp3) is 0.308. The minimum atomic E-state index is -0.600. The molecule has 0 fully saturated rings. The number of hydrogen-bond donors (Lipinski definition) is 2. The molecule has 2 N–H and O–H groups in total. The molecule has 1 aromatic carbocycles. The number of hydroxylamine groups is 2. The lowest BCUT2D eigenvalue weighted by Gasteiger charge is -2.19. The molecule has 0 spiro atoms. The van der Waals surface area contributed by atoms with Gasteiger partial charge in [0.1, 0.15) is 11.8 Å². The first-order valence-corrected chi connectivity index (χ1v) is 5.84. The van der Waals surface area contributed by atoms with Gasteiger partial charge in [-0.05, 0) is 19.1 Å². The van der Waals surface area contributed by atoms with Crippen LogP contribution in [0.25, 0.3) is 11.0 Å². The zero-order valence-electron chi connectivity index (χ0n) is 11.0. The number of carbonyl (C=O) groups excluding carboxylic acids is 1. The Kier molecular flexibility index (Phi) is 3.62. The molecule has 0 radical (unpaired) electrons. The smallest absolute Gasteiger partial charge is 0.341 e. The van der Waals surface area contributed by atoms with Gasteiger partial charge >= 0.3 is 6.03 Å².